The molecule has 0 aliphatic carbocycles. The molecule has 0 aromatic heterocycles. The number of hydrogen-bond acceptors (Lipinski definition) is 7. The number of nitrogens with zero attached hydrogens (tertiary/aromatic N) is 2. The fraction of sp³-hybridized carbons (Fsp3) is 0.690. The molecule has 3 heterocycles. The summed E-state index contributed by atoms with van der Waals surface area (Å²) in [6.45, 7) is 3.85. The van der Waals surface area contributed by atoms with Gasteiger partial charge in [0.1, 0.15) is 0 Å². The van der Waals surface area contributed by atoms with E-state index in [1.165, 1.54) is 0 Å². The molecule has 39 heavy (non-hydrogen) atoms. The molecule has 3 fully saturated rings. The Kier molecular flexibility index (Phi) is 10.7. The zero-order valence-electron chi connectivity index (χ0n) is 23.1. The summed E-state index contributed by atoms with van der Waals surface area (Å²) in [7, 11) is 2.09. The summed E-state index contributed by atoms with van der Waals surface area (Å²) in [5.74, 6) is 0.177. The number of aliphatic hydroxyl groups is 2. The second kappa shape index (κ2) is 14.2. The molecule has 1 aromatic rings. The van der Waals surface area contributed by atoms with Crippen molar-refractivity contribution >= 4 is 17.7 Å². The van der Waals surface area contributed by atoms with Crippen LogP contribution in [0.3, 0.4) is 0 Å². The smallest absolute Gasteiger partial charge is 0.237 e. The van der Waals surface area contributed by atoms with Crippen molar-refractivity contribution in [3.63, 3.8) is 0 Å². The quantitative estimate of drug-likeness (QED) is 0.361. The van der Waals surface area contributed by atoms with E-state index in [-0.39, 0.29) is 48.6 Å². The van der Waals surface area contributed by atoms with Crippen LogP contribution in [-0.2, 0) is 20.9 Å². The van der Waals surface area contributed by atoms with Crippen LogP contribution < -0.4 is 16.0 Å². The van der Waals surface area contributed by atoms with Crippen molar-refractivity contribution in [2.45, 2.75) is 75.8 Å². The average molecular weight is 544 g/mol. The predicted molar refractivity (Wildman–Crippen MR) is 147 cm³/mol. The molecule has 3 amide bonds. The van der Waals surface area contributed by atoms with Gasteiger partial charge in [0, 0.05) is 45.2 Å². The van der Waals surface area contributed by atoms with Crippen LogP contribution in [0.25, 0.3) is 0 Å². The number of carbonyl (C=O) groups excluding carboxylic acids is 3. The van der Waals surface area contributed by atoms with Crippen molar-refractivity contribution in [3.05, 3.63) is 35.9 Å². The molecule has 0 spiro atoms. The van der Waals surface area contributed by atoms with Gasteiger partial charge in [-0.1, -0.05) is 30.3 Å². The van der Waals surface area contributed by atoms with Crippen LogP contribution in [0.15, 0.2) is 30.3 Å². The van der Waals surface area contributed by atoms with E-state index in [4.69, 9.17) is 0 Å². The number of piperidine rings is 1. The number of benzene rings is 1. The molecule has 3 saturated heterocycles. The van der Waals surface area contributed by atoms with Crippen LogP contribution in [0.1, 0.15) is 50.5 Å². The molecular weight excluding hydrogens is 498 g/mol. The maximum Gasteiger partial charge on any atom is 0.237 e. The summed E-state index contributed by atoms with van der Waals surface area (Å²) in [5.41, 5.74) is 1.10. The Morgan fingerprint density at radius 3 is 2.41 bits per heavy atom. The highest BCUT2D eigenvalue weighted by Gasteiger charge is 2.38. The number of carbonyl (C=O) groups is 3. The van der Waals surface area contributed by atoms with Crippen LogP contribution in [-0.4, -0.2) is 102 Å². The Morgan fingerprint density at radius 2 is 1.62 bits per heavy atom. The first-order chi connectivity index (χ1) is 18.8. The van der Waals surface area contributed by atoms with Gasteiger partial charge >= 0.3 is 0 Å². The minimum atomic E-state index is -0.984. The van der Waals surface area contributed by atoms with E-state index in [1.807, 2.05) is 30.3 Å². The van der Waals surface area contributed by atoms with Crippen molar-refractivity contribution in [1.29, 1.82) is 0 Å². The molecule has 1 aromatic carbocycles. The van der Waals surface area contributed by atoms with E-state index in [1.54, 1.807) is 0 Å². The van der Waals surface area contributed by atoms with Crippen molar-refractivity contribution in [2.24, 2.45) is 11.8 Å². The van der Waals surface area contributed by atoms with Gasteiger partial charge in [0.15, 0.2) is 0 Å². The molecule has 6 atom stereocenters. The van der Waals surface area contributed by atoms with Crippen molar-refractivity contribution in [3.8, 4) is 0 Å². The van der Waals surface area contributed by atoms with Gasteiger partial charge in [-0.2, -0.15) is 0 Å². The number of fused-ring (bicyclic) bond motifs is 3. The topological polar surface area (TPSA) is 134 Å². The molecule has 5 N–H and O–H groups in total. The zero-order valence-corrected chi connectivity index (χ0v) is 23.1. The van der Waals surface area contributed by atoms with Gasteiger partial charge < -0.3 is 31.1 Å². The van der Waals surface area contributed by atoms with Gasteiger partial charge in [-0.05, 0) is 63.1 Å². The Labute approximate surface area is 231 Å². The summed E-state index contributed by atoms with van der Waals surface area (Å²) in [6, 6.07) is 9.41. The van der Waals surface area contributed by atoms with E-state index >= 15 is 0 Å². The van der Waals surface area contributed by atoms with E-state index in [0.717, 1.165) is 31.5 Å². The minimum Gasteiger partial charge on any atom is -0.393 e. The highest BCUT2D eigenvalue weighted by atomic mass is 16.3. The number of rotatable bonds is 2. The normalized spacial score (nSPS) is 32.9. The standard InChI is InChI=1S/C29H45N5O5/c1-33-12-9-21-13-27(37)30-11-8-24(35)15-25(36)16-28(38)32-23-14-26(29(39)31-10-7-22(21)18-33)34(19-23)17-20-5-3-2-4-6-20/h2-6,21-26,35-36H,7-19H2,1H3,(H,30,37)(H,31,39)(H,32,38)/t21-,22-,23-,24?,25?,26+/m0/s1. The lowest BCUT2D eigenvalue weighted by Gasteiger charge is -2.37. The fourth-order valence-electron chi connectivity index (χ4n) is 6.33. The molecule has 2 bridgehead atoms. The summed E-state index contributed by atoms with van der Waals surface area (Å²) in [6.07, 6.45) is 1.15. The van der Waals surface area contributed by atoms with Gasteiger partial charge in [0.2, 0.25) is 17.7 Å². The number of hydrogen-bond donors (Lipinski definition) is 5. The van der Waals surface area contributed by atoms with E-state index in [9.17, 15) is 24.6 Å². The van der Waals surface area contributed by atoms with Crippen LogP contribution in [0.5, 0.6) is 0 Å². The van der Waals surface area contributed by atoms with E-state index in [2.05, 4.69) is 32.8 Å². The number of likely N-dealkylation sites (tertiary alicyclic amines) is 2. The number of amides is 3. The summed E-state index contributed by atoms with van der Waals surface area (Å²) in [5, 5.41) is 29.8. The van der Waals surface area contributed by atoms with E-state index in [0.29, 0.717) is 51.4 Å². The maximum atomic E-state index is 13.4. The minimum absolute atomic E-state index is 0.0336. The lowest BCUT2D eigenvalue weighted by Crippen LogP contribution is -2.45. The van der Waals surface area contributed by atoms with Crippen LogP contribution in [0, 0.1) is 11.8 Å². The Hall–Kier alpha value is -2.53. The third-order valence-corrected chi connectivity index (χ3v) is 8.42. The predicted octanol–water partition coefficient (Wildman–Crippen LogP) is 0.232. The summed E-state index contributed by atoms with van der Waals surface area (Å²) < 4.78 is 0. The Balaban J connectivity index is 1.46. The molecule has 10 heteroatoms. The van der Waals surface area contributed by atoms with Gasteiger partial charge in [-0.15, -0.1) is 0 Å². The summed E-state index contributed by atoms with van der Waals surface area (Å²) >= 11 is 0. The lowest BCUT2D eigenvalue weighted by atomic mass is 9.81. The van der Waals surface area contributed by atoms with Crippen LogP contribution in [0.4, 0.5) is 0 Å². The lowest BCUT2D eigenvalue weighted by molar-refractivity contribution is -0.126. The third-order valence-electron chi connectivity index (χ3n) is 8.42. The van der Waals surface area contributed by atoms with Crippen LogP contribution in [0.2, 0.25) is 0 Å². The van der Waals surface area contributed by atoms with Crippen molar-refractivity contribution in [1.82, 2.24) is 25.8 Å². The molecule has 10 nitrogen and oxygen atoms in total. The first-order valence-electron chi connectivity index (χ1n) is 14.4. The fourth-order valence-corrected chi connectivity index (χ4v) is 6.33. The molecule has 216 valence electrons. The van der Waals surface area contributed by atoms with Crippen LogP contribution >= 0.6 is 0 Å². The molecule has 4 rings (SSSR count). The largest absolute Gasteiger partial charge is 0.393 e. The van der Waals surface area contributed by atoms with Gasteiger partial charge in [0.25, 0.3) is 0 Å². The zero-order chi connectivity index (χ0) is 27.8. The molecule has 3 aliphatic rings. The van der Waals surface area contributed by atoms with Gasteiger partial charge in [0.05, 0.1) is 24.7 Å². The highest BCUT2D eigenvalue weighted by Crippen LogP contribution is 2.28. The van der Waals surface area contributed by atoms with Crippen molar-refractivity contribution < 1.29 is 24.6 Å². The maximum absolute atomic E-state index is 13.4. The van der Waals surface area contributed by atoms with Crippen molar-refractivity contribution in [2.75, 3.05) is 39.8 Å². The van der Waals surface area contributed by atoms with Gasteiger partial charge in [-0.3, -0.25) is 19.3 Å². The Morgan fingerprint density at radius 1 is 0.846 bits per heavy atom. The molecular formula is C29H45N5O5. The molecule has 0 saturated carbocycles. The molecule has 0 radical (unpaired) electrons. The highest BCUT2D eigenvalue weighted by molar-refractivity contribution is 5.82. The molecule has 2 unspecified atom stereocenters. The first kappa shape index (κ1) is 29.5. The Bertz CT molecular complexity index is 963. The second-order valence-corrected chi connectivity index (χ2v) is 11.7. The average Bonchev–Trinajstić information content (AvgIpc) is 3.27. The third kappa shape index (κ3) is 8.99. The molecule has 3 aliphatic heterocycles. The summed E-state index contributed by atoms with van der Waals surface area (Å²) in [4.78, 5) is 43.1. The second-order valence-electron chi connectivity index (χ2n) is 11.7. The first-order valence-corrected chi connectivity index (χ1v) is 14.4. The van der Waals surface area contributed by atoms with E-state index < -0.39 is 12.2 Å². The number of aliphatic hydroxyl groups excluding tert-OH is 2. The SMILES string of the molecule is CN1CC[C@H]2CC(=O)NCCC(O)CC(O)CC(=O)N[C@H]3C[C@H](C(=O)NCC[C@H]2C1)N(Cc1ccccc1)C3. The van der Waals surface area contributed by atoms with Gasteiger partial charge in [-0.25, -0.2) is 0 Å². The monoisotopic (exact) mass is 543 g/mol. The number of nitrogens with one attached hydrogen (secondary N) is 3.